The third-order valence-electron chi connectivity index (χ3n) is 7.33. The Morgan fingerprint density at radius 2 is 2.00 bits per heavy atom. The Morgan fingerprint density at radius 1 is 1.29 bits per heavy atom. The predicted octanol–water partition coefficient (Wildman–Crippen LogP) is 2.78. The number of benzene rings is 1. The van der Waals surface area contributed by atoms with Crippen molar-refractivity contribution in [3.8, 4) is 0 Å². The number of nitrogens with one attached hydrogen (secondary N) is 1. The fraction of sp³-hybridized carbons (Fsp3) is 0.565. The number of anilines is 2. The van der Waals surface area contributed by atoms with Gasteiger partial charge in [-0.2, -0.15) is 5.10 Å². The summed E-state index contributed by atoms with van der Waals surface area (Å²) in [5.41, 5.74) is 8.66. The van der Waals surface area contributed by atoms with Gasteiger partial charge < -0.3 is 15.8 Å². The van der Waals surface area contributed by atoms with Crippen molar-refractivity contribution in [1.82, 2.24) is 14.7 Å². The molecule has 2 aliphatic heterocycles. The molecule has 166 valence electrons. The Labute approximate surface area is 181 Å². The number of rotatable bonds is 5. The van der Waals surface area contributed by atoms with Gasteiger partial charge in [0, 0.05) is 31.7 Å². The van der Waals surface area contributed by atoms with Gasteiger partial charge in [0.25, 0.3) is 5.91 Å². The average molecular weight is 428 g/mol. The highest BCUT2D eigenvalue weighted by atomic mass is 19.1. The van der Waals surface area contributed by atoms with Crippen LogP contribution in [0.5, 0.6) is 0 Å². The highest BCUT2D eigenvalue weighted by Crippen LogP contribution is 2.47. The van der Waals surface area contributed by atoms with E-state index < -0.39 is 0 Å². The molecule has 3 heterocycles. The summed E-state index contributed by atoms with van der Waals surface area (Å²) in [7, 11) is 1.77. The van der Waals surface area contributed by atoms with Crippen LogP contribution < -0.4 is 11.1 Å². The van der Waals surface area contributed by atoms with Crippen LogP contribution in [0.15, 0.2) is 18.2 Å². The van der Waals surface area contributed by atoms with Gasteiger partial charge >= 0.3 is 0 Å². The molecule has 2 saturated heterocycles. The molecule has 2 atom stereocenters. The first-order valence-corrected chi connectivity index (χ1v) is 11.2. The van der Waals surface area contributed by atoms with Gasteiger partial charge in [0.1, 0.15) is 17.2 Å². The number of ether oxygens (including phenoxy) is 1. The van der Waals surface area contributed by atoms with Crippen molar-refractivity contribution < 1.29 is 13.9 Å². The van der Waals surface area contributed by atoms with Crippen molar-refractivity contribution in [2.45, 2.75) is 38.1 Å². The molecule has 1 aliphatic carbocycles. The molecule has 1 saturated carbocycles. The Kier molecular flexibility index (Phi) is 5.22. The van der Waals surface area contributed by atoms with Gasteiger partial charge in [0.05, 0.1) is 24.9 Å². The summed E-state index contributed by atoms with van der Waals surface area (Å²) in [5.74, 6) is 1.33. The molecule has 7 nitrogen and oxygen atoms in total. The number of aryl methyl sites for hydroxylation is 2. The molecule has 3 N–H and O–H groups in total. The summed E-state index contributed by atoms with van der Waals surface area (Å²) in [6, 6.07) is 5.23. The Hall–Kier alpha value is -2.45. The molecule has 1 aromatic carbocycles. The second-order valence-electron chi connectivity index (χ2n) is 9.22. The molecule has 1 amide bonds. The van der Waals surface area contributed by atoms with E-state index in [1.807, 2.05) is 6.92 Å². The number of amides is 1. The number of fused-ring (bicyclic) bond motifs is 1. The lowest BCUT2D eigenvalue weighted by atomic mass is 9.97. The van der Waals surface area contributed by atoms with Crippen LogP contribution in [0.4, 0.5) is 15.9 Å². The summed E-state index contributed by atoms with van der Waals surface area (Å²) >= 11 is 0. The zero-order chi connectivity index (χ0) is 21.7. The van der Waals surface area contributed by atoms with Crippen LogP contribution in [0.3, 0.4) is 0 Å². The van der Waals surface area contributed by atoms with E-state index in [1.165, 1.54) is 6.07 Å². The summed E-state index contributed by atoms with van der Waals surface area (Å²) in [5, 5.41) is 7.55. The van der Waals surface area contributed by atoms with Crippen molar-refractivity contribution in [3.05, 3.63) is 40.8 Å². The summed E-state index contributed by atoms with van der Waals surface area (Å²) in [4.78, 5) is 15.7. The van der Waals surface area contributed by atoms with Crippen LogP contribution in [0.25, 0.3) is 0 Å². The summed E-state index contributed by atoms with van der Waals surface area (Å²) in [6.45, 7) is 5.81. The van der Waals surface area contributed by atoms with Crippen LogP contribution in [0.1, 0.15) is 47.3 Å². The molecule has 0 spiro atoms. The first kappa shape index (κ1) is 20.5. The monoisotopic (exact) mass is 427 g/mol. The number of carbonyl (C=O) groups is 1. The maximum Gasteiger partial charge on any atom is 0.261 e. The van der Waals surface area contributed by atoms with E-state index in [1.54, 1.807) is 23.9 Å². The number of hydrogen-bond acceptors (Lipinski definition) is 5. The van der Waals surface area contributed by atoms with Crippen molar-refractivity contribution in [2.24, 2.45) is 18.9 Å². The van der Waals surface area contributed by atoms with E-state index in [2.05, 4.69) is 15.3 Å². The van der Waals surface area contributed by atoms with Crippen LogP contribution in [-0.2, 0) is 18.2 Å². The van der Waals surface area contributed by atoms with Gasteiger partial charge in [-0.15, -0.1) is 0 Å². The van der Waals surface area contributed by atoms with Crippen LogP contribution >= 0.6 is 0 Å². The molecule has 31 heavy (non-hydrogen) atoms. The van der Waals surface area contributed by atoms with E-state index in [0.717, 1.165) is 44.8 Å². The normalized spacial score (nSPS) is 26.1. The fourth-order valence-corrected chi connectivity index (χ4v) is 5.49. The molecule has 3 aliphatic rings. The third-order valence-corrected chi connectivity index (χ3v) is 7.33. The van der Waals surface area contributed by atoms with Crippen LogP contribution in [0, 0.1) is 17.7 Å². The first-order chi connectivity index (χ1) is 14.9. The maximum atomic E-state index is 13.8. The minimum Gasteiger partial charge on any atom is -0.383 e. The third kappa shape index (κ3) is 3.61. The zero-order valence-corrected chi connectivity index (χ0v) is 18.1. The standard InChI is InChI=1S/C23H30FN5O2/c1-3-13-8-17(4-5-19(13)24)26-23(30)20-21(27-28(2)22(20)25)14-6-15-9-29(10-16(15)7-14)18-11-31-12-18/h4-5,8,14-16,18H,3,6-7,9-12,25H2,1-2H3,(H,26,30). The molecular formula is C23H30FN5O2. The largest absolute Gasteiger partial charge is 0.383 e. The fourth-order valence-electron chi connectivity index (χ4n) is 5.49. The van der Waals surface area contributed by atoms with Crippen molar-refractivity contribution in [2.75, 3.05) is 37.4 Å². The van der Waals surface area contributed by atoms with E-state index >= 15 is 0 Å². The molecule has 5 rings (SSSR count). The molecule has 0 bridgehead atoms. The number of nitrogens with zero attached hydrogens (tertiary/aromatic N) is 3. The van der Waals surface area contributed by atoms with Gasteiger partial charge in [-0.3, -0.25) is 14.4 Å². The molecule has 0 radical (unpaired) electrons. The van der Waals surface area contributed by atoms with Gasteiger partial charge in [0.15, 0.2) is 0 Å². The minimum atomic E-state index is -0.278. The van der Waals surface area contributed by atoms with Gasteiger partial charge in [-0.05, 0) is 54.9 Å². The smallest absolute Gasteiger partial charge is 0.261 e. The molecular weight excluding hydrogens is 397 g/mol. The molecule has 2 unspecified atom stereocenters. The number of hydrogen-bond donors (Lipinski definition) is 2. The number of nitrogen functional groups attached to an aromatic ring is 1. The maximum absolute atomic E-state index is 13.8. The highest BCUT2D eigenvalue weighted by molar-refractivity contribution is 6.08. The van der Waals surface area contributed by atoms with Crippen LogP contribution in [-0.4, -0.2) is 52.9 Å². The average Bonchev–Trinajstić information content (AvgIpc) is 3.34. The zero-order valence-electron chi connectivity index (χ0n) is 18.1. The second kappa shape index (κ2) is 7.91. The summed E-state index contributed by atoms with van der Waals surface area (Å²) in [6.07, 6.45) is 2.62. The lowest BCUT2D eigenvalue weighted by Crippen LogP contribution is -2.48. The van der Waals surface area contributed by atoms with Gasteiger partial charge in [-0.25, -0.2) is 4.39 Å². The van der Waals surface area contributed by atoms with E-state index in [0.29, 0.717) is 46.9 Å². The summed E-state index contributed by atoms with van der Waals surface area (Å²) < 4.78 is 20.8. The highest BCUT2D eigenvalue weighted by Gasteiger charge is 2.45. The quantitative estimate of drug-likeness (QED) is 0.767. The molecule has 1 aromatic heterocycles. The second-order valence-corrected chi connectivity index (χ2v) is 9.22. The first-order valence-electron chi connectivity index (χ1n) is 11.2. The number of carbonyl (C=O) groups excluding carboxylic acids is 1. The Bertz CT molecular complexity index is 988. The number of likely N-dealkylation sites (tertiary alicyclic amines) is 1. The Balaban J connectivity index is 1.34. The van der Waals surface area contributed by atoms with Crippen molar-refractivity contribution in [1.29, 1.82) is 0 Å². The predicted molar refractivity (Wildman–Crippen MR) is 116 cm³/mol. The number of aromatic nitrogens is 2. The lowest BCUT2D eigenvalue weighted by molar-refractivity contribution is -0.0594. The lowest BCUT2D eigenvalue weighted by Gasteiger charge is -2.35. The van der Waals surface area contributed by atoms with E-state index in [-0.39, 0.29) is 17.6 Å². The molecule has 3 fully saturated rings. The van der Waals surface area contributed by atoms with Crippen molar-refractivity contribution >= 4 is 17.4 Å². The topological polar surface area (TPSA) is 85.4 Å². The molecule has 8 heteroatoms. The minimum absolute atomic E-state index is 0.235. The van der Waals surface area contributed by atoms with Crippen molar-refractivity contribution in [3.63, 3.8) is 0 Å². The van der Waals surface area contributed by atoms with Gasteiger partial charge in [-0.1, -0.05) is 6.92 Å². The van der Waals surface area contributed by atoms with E-state index in [9.17, 15) is 9.18 Å². The van der Waals surface area contributed by atoms with Gasteiger partial charge in [0.2, 0.25) is 0 Å². The Morgan fingerprint density at radius 3 is 2.61 bits per heavy atom. The molecule has 2 aromatic rings. The number of halogens is 1. The number of nitrogens with two attached hydrogens (primary N) is 1. The van der Waals surface area contributed by atoms with Crippen LogP contribution in [0.2, 0.25) is 0 Å². The van der Waals surface area contributed by atoms with E-state index in [4.69, 9.17) is 10.5 Å². The SMILES string of the molecule is CCc1cc(NC(=O)c2c(C3CC4CN(C5COC5)CC4C3)nn(C)c2N)ccc1F.